The van der Waals surface area contributed by atoms with Gasteiger partial charge in [-0.3, -0.25) is 4.79 Å². The van der Waals surface area contributed by atoms with E-state index in [4.69, 9.17) is 9.47 Å². The van der Waals surface area contributed by atoms with Gasteiger partial charge in [0.2, 0.25) is 5.91 Å². The Labute approximate surface area is 95.7 Å². The first kappa shape index (κ1) is 13.0. The number of nitrogens with zero attached hydrogens (tertiary/aromatic N) is 1. The van der Waals surface area contributed by atoms with Crippen LogP contribution in [-0.2, 0) is 14.3 Å². The van der Waals surface area contributed by atoms with Crippen molar-refractivity contribution in [2.24, 2.45) is 0 Å². The molecule has 92 valence electrons. The molecule has 1 aliphatic rings. The number of carbonyl (C=O) groups is 2. The molecule has 0 saturated carbocycles. The molecule has 1 fully saturated rings. The van der Waals surface area contributed by atoms with Crippen molar-refractivity contribution in [1.82, 2.24) is 4.90 Å². The zero-order valence-corrected chi connectivity index (χ0v) is 10.3. The van der Waals surface area contributed by atoms with Gasteiger partial charge in [-0.05, 0) is 27.2 Å². The van der Waals surface area contributed by atoms with Crippen LogP contribution < -0.4 is 0 Å². The van der Waals surface area contributed by atoms with Crippen molar-refractivity contribution in [2.75, 3.05) is 13.7 Å². The molecule has 1 aliphatic heterocycles. The maximum absolute atomic E-state index is 11.8. The van der Waals surface area contributed by atoms with Gasteiger partial charge in [-0.25, -0.2) is 9.69 Å². The molecule has 0 aromatic heterocycles. The number of hydrogen-bond donors (Lipinski definition) is 0. The van der Waals surface area contributed by atoms with Crippen LogP contribution >= 0.6 is 0 Å². The Balaban J connectivity index is 2.68. The lowest BCUT2D eigenvalue weighted by Crippen LogP contribution is -2.43. The van der Waals surface area contributed by atoms with Crippen LogP contribution in [0, 0.1) is 0 Å². The second-order valence-electron chi connectivity index (χ2n) is 4.89. The average Bonchev–Trinajstić information content (AvgIpc) is 2.44. The van der Waals surface area contributed by atoms with Crippen LogP contribution in [0.4, 0.5) is 4.79 Å². The molecule has 1 rings (SSSR count). The Morgan fingerprint density at radius 1 is 1.50 bits per heavy atom. The molecular formula is C11H19NO4. The molecule has 5 heteroatoms. The van der Waals surface area contributed by atoms with E-state index < -0.39 is 11.7 Å². The van der Waals surface area contributed by atoms with E-state index in [2.05, 4.69) is 0 Å². The molecule has 1 saturated heterocycles. The molecule has 16 heavy (non-hydrogen) atoms. The molecule has 1 atom stereocenters. The summed E-state index contributed by atoms with van der Waals surface area (Å²) in [6, 6.07) is -0.188. The van der Waals surface area contributed by atoms with Crippen LogP contribution in [0.15, 0.2) is 0 Å². The van der Waals surface area contributed by atoms with Crippen molar-refractivity contribution in [1.29, 1.82) is 0 Å². The molecule has 0 bridgehead atoms. The number of imide groups is 1. The first-order valence-electron chi connectivity index (χ1n) is 5.39. The van der Waals surface area contributed by atoms with Gasteiger partial charge in [0.1, 0.15) is 5.60 Å². The molecule has 0 aromatic carbocycles. The maximum Gasteiger partial charge on any atom is 0.417 e. The number of rotatable bonds is 2. The minimum atomic E-state index is -0.586. The molecular weight excluding hydrogens is 210 g/mol. The molecule has 2 amide bonds. The fourth-order valence-corrected chi connectivity index (χ4v) is 1.66. The first-order valence-corrected chi connectivity index (χ1v) is 5.39. The maximum atomic E-state index is 11.8. The largest absolute Gasteiger partial charge is 0.443 e. The van der Waals surface area contributed by atoms with Gasteiger partial charge < -0.3 is 9.47 Å². The van der Waals surface area contributed by atoms with Gasteiger partial charge >= 0.3 is 6.09 Å². The number of hydrogen-bond acceptors (Lipinski definition) is 4. The Morgan fingerprint density at radius 3 is 2.62 bits per heavy atom. The summed E-state index contributed by atoms with van der Waals surface area (Å²) >= 11 is 0. The molecule has 0 N–H and O–H groups in total. The van der Waals surface area contributed by atoms with Crippen LogP contribution in [0.1, 0.15) is 33.6 Å². The third kappa shape index (κ3) is 3.20. The first-order chi connectivity index (χ1) is 7.35. The summed E-state index contributed by atoms with van der Waals surface area (Å²) in [5.41, 5.74) is -0.586. The highest BCUT2D eigenvalue weighted by molar-refractivity contribution is 5.94. The van der Waals surface area contributed by atoms with Gasteiger partial charge in [0, 0.05) is 13.5 Å². The average molecular weight is 229 g/mol. The standard InChI is InChI=1S/C11H19NO4/c1-11(2,3)16-10(14)12-8(7-15-4)5-6-9(12)13/h8H,5-7H2,1-4H3/t8-/m0/s1. The Bertz CT molecular complexity index is 282. The number of amides is 2. The lowest BCUT2D eigenvalue weighted by atomic mass is 10.2. The normalized spacial score (nSPS) is 21.4. The monoisotopic (exact) mass is 229 g/mol. The van der Waals surface area contributed by atoms with Crippen LogP contribution in [0.25, 0.3) is 0 Å². The zero-order chi connectivity index (χ0) is 12.3. The predicted molar refractivity (Wildman–Crippen MR) is 58.0 cm³/mol. The second kappa shape index (κ2) is 4.82. The van der Waals surface area contributed by atoms with Crippen LogP contribution in [0.2, 0.25) is 0 Å². The van der Waals surface area contributed by atoms with Crippen molar-refractivity contribution in [2.45, 2.75) is 45.3 Å². The molecule has 0 aromatic rings. The van der Waals surface area contributed by atoms with Crippen molar-refractivity contribution in [3.8, 4) is 0 Å². The fraction of sp³-hybridized carbons (Fsp3) is 0.818. The van der Waals surface area contributed by atoms with E-state index in [1.165, 1.54) is 4.90 Å². The van der Waals surface area contributed by atoms with Gasteiger partial charge in [-0.15, -0.1) is 0 Å². The third-order valence-corrected chi connectivity index (χ3v) is 2.27. The summed E-state index contributed by atoms with van der Waals surface area (Å²) in [4.78, 5) is 24.5. The molecule has 0 unspecified atom stereocenters. The lowest BCUT2D eigenvalue weighted by Gasteiger charge is -2.26. The van der Waals surface area contributed by atoms with Crippen molar-refractivity contribution >= 4 is 12.0 Å². The number of ether oxygens (including phenoxy) is 2. The van der Waals surface area contributed by atoms with E-state index in [-0.39, 0.29) is 11.9 Å². The highest BCUT2D eigenvalue weighted by atomic mass is 16.6. The van der Waals surface area contributed by atoms with Gasteiger partial charge in [0.15, 0.2) is 0 Å². The van der Waals surface area contributed by atoms with E-state index in [1.807, 2.05) is 0 Å². The third-order valence-electron chi connectivity index (χ3n) is 2.27. The molecule has 0 spiro atoms. The zero-order valence-electron chi connectivity index (χ0n) is 10.3. The van der Waals surface area contributed by atoms with Gasteiger partial charge in [0.05, 0.1) is 12.6 Å². The summed E-state index contributed by atoms with van der Waals surface area (Å²) in [6.07, 6.45) is 0.455. The van der Waals surface area contributed by atoms with Crippen molar-refractivity contribution in [3.63, 3.8) is 0 Å². The summed E-state index contributed by atoms with van der Waals surface area (Å²) in [7, 11) is 1.55. The number of likely N-dealkylation sites (tertiary alicyclic amines) is 1. The summed E-state index contributed by atoms with van der Waals surface area (Å²) < 4.78 is 10.2. The van der Waals surface area contributed by atoms with E-state index in [1.54, 1.807) is 27.9 Å². The highest BCUT2D eigenvalue weighted by Crippen LogP contribution is 2.22. The van der Waals surface area contributed by atoms with Gasteiger partial charge in [0.25, 0.3) is 0 Å². The fourth-order valence-electron chi connectivity index (χ4n) is 1.66. The number of carbonyl (C=O) groups excluding carboxylic acids is 2. The van der Waals surface area contributed by atoms with Crippen molar-refractivity contribution < 1.29 is 19.1 Å². The predicted octanol–water partition coefficient (Wildman–Crippen LogP) is 1.56. The molecule has 0 radical (unpaired) electrons. The smallest absolute Gasteiger partial charge is 0.417 e. The summed E-state index contributed by atoms with van der Waals surface area (Å²) in [5, 5.41) is 0. The quantitative estimate of drug-likeness (QED) is 0.721. The van der Waals surface area contributed by atoms with E-state index >= 15 is 0 Å². The van der Waals surface area contributed by atoms with E-state index in [0.717, 1.165) is 0 Å². The molecule has 5 nitrogen and oxygen atoms in total. The van der Waals surface area contributed by atoms with E-state index in [0.29, 0.717) is 19.4 Å². The minimum Gasteiger partial charge on any atom is -0.443 e. The van der Waals surface area contributed by atoms with Crippen LogP contribution in [-0.4, -0.2) is 42.3 Å². The summed E-state index contributed by atoms with van der Waals surface area (Å²) in [5.74, 6) is -0.184. The van der Waals surface area contributed by atoms with Gasteiger partial charge in [-0.1, -0.05) is 0 Å². The highest BCUT2D eigenvalue weighted by Gasteiger charge is 2.38. The summed E-state index contributed by atoms with van der Waals surface area (Å²) in [6.45, 7) is 5.69. The van der Waals surface area contributed by atoms with Crippen LogP contribution in [0.3, 0.4) is 0 Å². The second-order valence-corrected chi connectivity index (χ2v) is 4.89. The Hall–Kier alpha value is -1.10. The van der Waals surface area contributed by atoms with Crippen LogP contribution in [0.5, 0.6) is 0 Å². The minimum absolute atomic E-state index is 0.184. The van der Waals surface area contributed by atoms with Gasteiger partial charge in [-0.2, -0.15) is 0 Å². The molecule has 1 heterocycles. The Morgan fingerprint density at radius 2 is 2.12 bits per heavy atom. The SMILES string of the molecule is COC[C@@H]1CCC(=O)N1C(=O)OC(C)(C)C. The number of methoxy groups -OCH3 is 1. The lowest BCUT2D eigenvalue weighted by molar-refractivity contribution is -0.128. The van der Waals surface area contributed by atoms with Crippen molar-refractivity contribution in [3.05, 3.63) is 0 Å². The molecule has 0 aliphatic carbocycles. The topological polar surface area (TPSA) is 55.8 Å². The van der Waals surface area contributed by atoms with E-state index in [9.17, 15) is 9.59 Å². The Kier molecular flexibility index (Phi) is 3.91.